The van der Waals surface area contributed by atoms with Crippen LogP contribution in [-0.2, 0) is 0 Å². The Morgan fingerprint density at radius 2 is 2.10 bits per heavy atom. The fourth-order valence-electron chi connectivity index (χ4n) is 2.08. The molecule has 1 atom stereocenters. The number of rotatable bonds is 6. The summed E-state index contributed by atoms with van der Waals surface area (Å²) in [7, 11) is 0. The van der Waals surface area contributed by atoms with Crippen molar-refractivity contribution >= 4 is 38.9 Å². The number of halogens is 2. The summed E-state index contributed by atoms with van der Waals surface area (Å²) >= 11 is 11.2. The van der Waals surface area contributed by atoms with Crippen LogP contribution in [0.5, 0.6) is 5.75 Å². The average molecular weight is 375 g/mol. The topological polar surface area (TPSA) is 21.3 Å². The molecule has 1 N–H and O–H groups in total. The number of hydrogen-bond donors (Lipinski definition) is 1. The Morgan fingerprint density at radius 3 is 2.70 bits per heavy atom. The Kier molecular flexibility index (Phi) is 5.90. The summed E-state index contributed by atoms with van der Waals surface area (Å²) in [4.78, 5) is 1.18. The summed E-state index contributed by atoms with van der Waals surface area (Å²) in [6, 6.07) is 10.3. The fourth-order valence-corrected chi connectivity index (χ4v) is 3.91. The summed E-state index contributed by atoms with van der Waals surface area (Å²) in [6.07, 6.45) is 0. The summed E-state index contributed by atoms with van der Waals surface area (Å²) < 4.78 is 7.46. The van der Waals surface area contributed by atoms with Crippen LogP contribution in [0.25, 0.3) is 0 Å². The van der Waals surface area contributed by atoms with Crippen LogP contribution in [-0.4, -0.2) is 13.2 Å². The summed E-state index contributed by atoms with van der Waals surface area (Å²) in [5.41, 5.74) is 1.14. The van der Waals surface area contributed by atoms with Crippen molar-refractivity contribution in [1.29, 1.82) is 0 Å². The van der Waals surface area contributed by atoms with Crippen LogP contribution in [0.1, 0.15) is 30.3 Å². The monoisotopic (exact) mass is 373 g/mol. The number of thiophene rings is 1. The van der Waals surface area contributed by atoms with E-state index >= 15 is 0 Å². The molecule has 1 aromatic heterocycles. The van der Waals surface area contributed by atoms with Crippen molar-refractivity contribution in [2.45, 2.75) is 19.9 Å². The van der Waals surface area contributed by atoms with Crippen molar-refractivity contribution in [3.63, 3.8) is 0 Å². The van der Waals surface area contributed by atoms with Gasteiger partial charge in [0.25, 0.3) is 0 Å². The van der Waals surface area contributed by atoms with E-state index in [1.165, 1.54) is 4.88 Å². The molecule has 0 saturated carbocycles. The molecule has 1 heterocycles. The second-order valence-electron chi connectivity index (χ2n) is 4.23. The van der Waals surface area contributed by atoms with Gasteiger partial charge in [0, 0.05) is 14.9 Å². The van der Waals surface area contributed by atoms with Gasteiger partial charge in [0.1, 0.15) is 10.1 Å². The molecule has 0 amide bonds. The Balaban J connectivity index is 2.42. The van der Waals surface area contributed by atoms with Gasteiger partial charge in [0.2, 0.25) is 0 Å². The average Bonchev–Trinajstić information content (AvgIpc) is 2.77. The molecule has 0 bridgehead atoms. The minimum atomic E-state index is 0.0940. The Labute approximate surface area is 137 Å². The van der Waals surface area contributed by atoms with E-state index in [1.807, 2.05) is 25.1 Å². The molecule has 0 saturated heterocycles. The van der Waals surface area contributed by atoms with E-state index in [2.05, 4.69) is 40.3 Å². The van der Waals surface area contributed by atoms with Gasteiger partial charge in [-0.1, -0.05) is 36.7 Å². The SMILES string of the molecule is CCNC(c1cc(Br)c(Cl)s1)c1ccccc1OCC. The summed E-state index contributed by atoms with van der Waals surface area (Å²) in [5.74, 6) is 0.918. The zero-order chi connectivity index (χ0) is 14.5. The number of para-hydroxylation sites is 1. The molecule has 2 nitrogen and oxygen atoms in total. The van der Waals surface area contributed by atoms with Crippen molar-refractivity contribution in [1.82, 2.24) is 5.32 Å². The van der Waals surface area contributed by atoms with E-state index in [0.29, 0.717) is 6.61 Å². The third kappa shape index (κ3) is 3.55. The molecule has 2 aromatic rings. The van der Waals surface area contributed by atoms with E-state index < -0.39 is 0 Å². The second-order valence-corrected chi connectivity index (χ2v) is 6.77. The van der Waals surface area contributed by atoms with Crippen LogP contribution in [0.2, 0.25) is 4.34 Å². The lowest BCUT2D eigenvalue weighted by molar-refractivity contribution is 0.334. The highest BCUT2D eigenvalue weighted by Gasteiger charge is 2.20. The highest BCUT2D eigenvalue weighted by Crippen LogP contribution is 2.39. The Morgan fingerprint density at radius 1 is 1.35 bits per heavy atom. The van der Waals surface area contributed by atoms with Crippen LogP contribution in [0.4, 0.5) is 0 Å². The molecular weight excluding hydrogens is 358 g/mol. The first kappa shape index (κ1) is 15.8. The van der Waals surface area contributed by atoms with Gasteiger partial charge in [0.15, 0.2) is 0 Å². The van der Waals surface area contributed by atoms with Crippen molar-refractivity contribution in [3.8, 4) is 5.75 Å². The standard InChI is InChI=1S/C15H17BrClNOS/c1-3-18-14(13-9-11(16)15(17)20-13)10-7-5-6-8-12(10)19-4-2/h5-9,14,18H,3-4H2,1-2H3. The van der Waals surface area contributed by atoms with Crippen molar-refractivity contribution in [3.05, 3.63) is 49.6 Å². The van der Waals surface area contributed by atoms with E-state index in [1.54, 1.807) is 11.3 Å². The quantitative estimate of drug-likeness (QED) is 0.744. The zero-order valence-electron chi connectivity index (χ0n) is 11.5. The lowest BCUT2D eigenvalue weighted by Gasteiger charge is -2.20. The molecule has 0 aliphatic rings. The maximum absolute atomic E-state index is 6.17. The molecule has 0 fully saturated rings. The molecule has 0 spiro atoms. The van der Waals surface area contributed by atoms with E-state index in [0.717, 1.165) is 26.7 Å². The fraction of sp³-hybridized carbons (Fsp3) is 0.333. The second kappa shape index (κ2) is 7.46. The van der Waals surface area contributed by atoms with Crippen molar-refractivity contribution in [2.24, 2.45) is 0 Å². The first-order chi connectivity index (χ1) is 9.67. The highest BCUT2D eigenvalue weighted by atomic mass is 79.9. The van der Waals surface area contributed by atoms with Gasteiger partial charge in [-0.2, -0.15) is 0 Å². The minimum absolute atomic E-state index is 0.0940. The van der Waals surface area contributed by atoms with E-state index in [9.17, 15) is 0 Å². The van der Waals surface area contributed by atoms with Crippen LogP contribution >= 0.6 is 38.9 Å². The lowest BCUT2D eigenvalue weighted by atomic mass is 10.0. The maximum Gasteiger partial charge on any atom is 0.124 e. The summed E-state index contributed by atoms with van der Waals surface area (Å²) in [6.45, 7) is 5.63. The number of hydrogen-bond acceptors (Lipinski definition) is 3. The smallest absolute Gasteiger partial charge is 0.124 e. The molecule has 0 radical (unpaired) electrons. The molecule has 1 unspecified atom stereocenters. The largest absolute Gasteiger partial charge is 0.494 e. The first-order valence-corrected chi connectivity index (χ1v) is 8.55. The predicted octanol–water partition coefficient (Wildman–Crippen LogP) is 5.26. The molecule has 20 heavy (non-hydrogen) atoms. The van der Waals surface area contributed by atoms with Gasteiger partial charge < -0.3 is 10.1 Å². The van der Waals surface area contributed by atoms with Crippen LogP contribution in [0.15, 0.2) is 34.8 Å². The molecular formula is C15H17BrClNOS. The molecule has 0 aliphatic heterocycles. The van der Waals surface area contributed by atoms with Gasteiger partial charge in [-0.15, -0.1) is 11.3 Å². The first-order valence-electron chi connectivity index (χ1n) is 6.57. The van der Waals surface area contributed by atoms with Crippen molar-refractivity contribution < 1.29 is 4.74 Å². The summed E-state index contributed by atoms with van der Waals surface area (Å²) in [5, 5.41) is 3.51. The van der Waals surface area contributed by atoms with Crippen molar-refractivity contribution in [2.75, 3.05) is 13.2 Å². The molecule has 1 aromatic carbocycles. The van der Waals surface area contributed by atoms with Gasteiger partial charge in [-0.3, -0.25) is 0 Å². The highest BCUT2D eigenvalue weighted by molar-refractivity contribution is 9.10. The molecule has 5 heteroatoms. The number of benzene rings is 1. The maximum atomic E-state index is 6.17. The normalized spacial score (nSPS) is 12.4. The number of ether oxygens (including phenoxy) is 1. The Hall–Kier alpha value is -0.550. The van der Waals surface area contributed by atoms with Crippen LogP contribution in [0, 0.1) is 0 Å². The third-order valence-corrected chi connectivity index (χ3v) is 5.43. The van der Waals surface area contributed by atoms with Crippen LogP contribution in [0.3, 0.4) is 0 Å². The predicted molar refractivity (Wildman–Crippen MR) is 90.2 cm³/mol. The molecule has 2 rings (SSSR count). The third-order valence-electron chi connectivity index (χ3n) is 2.89. The van der Waals surface area contributed by atoms with Crippen LogP contribution < -0.4 is 10.1 Å². The Bertz CT molecular complexity index is 553. The zero-order valence-corrected chi connectivity index (χ0v) is 14.6. The molecule has 108 valence electrons. The lowest BCUT2D eigenvalue weighted by Crippen LogP contribution is -2.21. The van der Waals surface area contributed by atoms with Gasteiger partial charge in [-0.25, -0.2) is 0 Å². The molecule has 0 aliphatic carbocycles. The minimum Gasteiger partial charge on any atom is -0.494 e. The van der Waals surface area contributed by atoms with Gasteiger partial charge >= 0.3 is 0 Å². The number of nitrogens with one attached hydrogen (secondary N) is 1. The van der Waals surface area contributed by atoms with E-state index in [4.69, 9.17) is 16.3 Å². The van der Waals surface area contributed by atoms with Gasteiger partial charge in [0.05, 0.1) is 12.6 Å². The van der Waals surface area contributed by atoms with E-state index in [-0.39, 0.29) is 6.04 Å². The van der Waals surface area contributed by atoms with Gasteiger partial charge in [-0.05, 0) is 41.5 Å².